The minimum Gasteiger partial charge on any atom is -0.341 e. The zero-order valence-corrected chi connectivity index (χ0v) is 11.2. The second kappa shape index (κ2) is 3.83. The Kier molecular flexibility index (Phi) is 2.45. The van der Waals surface area contributed by atoms with E-state index >= 15 is 0 Å². The Bertz CT molecular complexity index is 529. The minimum atomic E-state index is 0.813. The molecule has 1 aliphatic rings. The van der Waals surface area contributed by atoms with Crippen molar-refractivity contribution in [3.8, 4) is 0 Å². The monoisotopic (exact) mass is 329 g/mol. The van der Waals surface area contributed by atoms with E-state index < -0.39 is 0 Å². The highest BCUT2D eigenvalue weighted by Crippen LogP contribution is 2.20. The summed E-state index contributed by atoms with van der Waals surface area (Å²) in [5, 5.41) is 4.35. The van der Waals surface area contributed by atoms with Gasteiger partial charge >= 0.3 is 0 Å². The fraction of sp³-hybridized carbons (Fsp3) is 0.500. The van der Waals surface area contributed by atoms with Crippen LogP contribution in [-0.2, 0) is 0 Å². The molecule has 0 saturated carbocycles. The van der Waals surface area contributed by atoms with Crippen molar-refractivity contribution in [1.82, 2.24) is 19.6 Å². The fourth-order valence-corrected chi connectivity index (χ4v) is 2.53. The Morgan fingerprint density at radius 1 is 1.25 bits per heavy atom. The van der Waals surface area contributed by atoms with E-state index in [1.54, 1.807) is 0 Å². The lowest BCUT2D eigenvalue weighted by atomic mass is 10.4. The number of rotatable bonds is 1. The van der Waals surface area contributed by atoms with E-state index in [2.05, 4.69) is 42.6 Å². The summed E-state index contributed by atoms with van der Waals surface area (Å²) in [6, 6.07) is 0. The van der Waals surface area contributed by atoms with Crippen molar-refractivity contribution in [1.29, 1.82) is 0 Å². The van der Waals surface area contributed by atoms with Crippen molar-refractivity contribution < 1.29 is 0 Å². The number of fused-ring (bicyclic) bond motifs is 1. The van der Waals surface area contributed by atoms with Gasteiger partial charge in [0.05, 0.1) is 9.77 Å². The Morgan fingerprint density at radius 2 is 2.00 bits per heavy atom. The third-order valence-electron chi connectivity index (χ3n) is 2.81. The van der Waals surface area contributed by atoms with E-state index in [-0.39, 0.29) is 0 Å². The Morgan fingerprint density at radius 3 is 2.75 bits per heavy atom. The van der Waals surface area contributed by atoms with E-state index in [0.717, 1.165) is 34.1 Å². The predicted octanol–water partition coefficient (Wildman–Crippen LogP) is 1.64. The molecular weight excluding hydrogens is 317 g/mol. The van der Waals surface area contributed by atoms with Crippen LogP contribution in [0.1, 0.15) is 18.7 Å². The number of aryl methyl sites for hydroxylation is 1. The van der Waals surface area contributed by atoms with E-state index in [4.69, 9.17) is 0 Å². The summed E-state index contributed by atoms with van der Waals surface area (Å²) in [5.74, 6) is 1.75. The van der Waals surface area contributed by atoms with Gasteiger partial charge in [-0.25, -0.2) is 4.98 Å². The van der Waals surface area contributed by atoms with Gasteiger partial charge in [0.2, 0.25) is 5.95 Å². The number of hydrogen-bond acceptors (Lipinski definition) is 4. The first-order valence-corrected chi connectivity index (χ1v) is 6.46. The quantitative estimate of drug-likeness (QED) is 0.746. The summed E-state index contributed by atoms with van der Waals surface area (Å²) in [7, 11) is 0. The highest BCUT2D eigenvalue weighted by Gasteiger charge is 2.19. The van der Waals surface area contributed by atoms with E-state index in [0.29, 0.717) is 0 Å². The molecule has 5 nitrogen and oxygen atoms in total. The summed E-state index contributed by atoms with van der Waals surface area (Å²) in [5.41, 5.74) is 0.912. The van der Waals surface area contributed by atoms with Gasteiger partial charge in [0.25, 0.3) is 0 Å². The topological polar surface area (TPSA) is 46.3 Å². The van der Waals surface area contributed by atoms with Crippen molar-refractivity contribution in [3.63, 3.8) is 0 Å². The lowest BCUT2D eigenvalue weighted by Gasteiger charge is -2.17. The number of anilines is 1. The van der Waals surface area contributed by atoms with Gasteiger partial charge in [0.1, 0.15) is 5.82 Å². The van der Waals surface area contributed by atoms with Crippen LogP contribution in [0.4, 0.5) is 5.95 Å². The number of nitrogens with zero attached hydrogens (tertiary/aromatic N) is 5. The number of hydrogen-bond donors (Lipinski definition) is 0. The molecule has 0 N–H and O–H groups in total. The van der Waals surface area contributed by atoms with Crippen LogP contribution in [0, 0.1) is 10.5 Å². The summed E-state index contributed by atoms with van der Waals surface area (Å²) in [4.78, 5) is 11.2. The molecule has 0 spiro atoms. The minimum absolute atomic E-state index is 0.813. The zero-order valence-electron chi connectivity index (χ0n) is 9.02. The average Bonchev–Trinajstić information content (AvgIpc) is 2.88. The van der Waals surface area contributed by atoms with Crippen LogP contribution < -0.4 is 4.90 Å². The molecule has 1 saturated heterocycles. The molecule has 2 aromatic heterocycles. The molecule has 0 radical (unpaired) electrons. The maximum atomic E-state index is 4.51. The summed E-state index contributed by atoms with van der Waals surface area (Å²) < 4.78 is 2.92. The van der Waals surface area contributed by atoms with Gasteiger partial charge in [0.15, 0.2) is 5.65 Å². The average molecular weight is 329 g/mol. The van der Waals surface area contributed by atoms with Crippen LogP contribution in [0.15, 0.2) is 6.20 Å². The SMILES string of the molecule is Cc1nc(N2CCCC2)n2ncc(I)c2n1. The molecule has 1 fully saturated rings. The second-order valence-electron chi connectivity index (χ2n) is 3.99. The lowest BCUT2D eigenvalue weighted by Crippen LogP contribution is -2.23. The predicted molar refractivity (Wildman–Crippen MR) is 69.7 cm³/mol. The van der Waals surface area contributed by atoms with Crippen LogP contribution in [0.3, 0.4) is 0 Å². The zero-order chi connectivity index (χ0) is 11.1. The normalized spacial score (nSPS) is 16.2. The molecule has 84 valence electrons. The molecule has 0 aromatic carbocycles. The van der Waals surface area contributed by atoms with Crippen molar-refractivity contribution >= 4 is 34.2 Å². The molecule has 3 heterocycles. The molecule has 0 atom stereocenters. The number of halogens is 1. The molecule has 0 aliphatic carbocycles. The first-order valence-electron chi connectivity index (χ1n) is 5.38. The molecule has 1 aliphatic heterocycles. The molecule has 0 amide bonds. The van der Waals surface area contributed by atoms with Gasteiger partial charge < -0.3 is 4.90 Å². The summed E-state index contributed by atoms with van der Waals surface area (Å²) in [6.07, 6.45) is 4.31. The molecule has 0 bridgehead atoms. The third-order valence-corrected chi connectivity index (χ3v) is 3.57. The van der Waals surface area contributed by atoms with Gasteiger partial charge in [0, 0.05) is 13.1 Å². The molecule has 2 aromatic rings. The van der Waals surface area contributed by atoms with Gasteiger partial charge in [-0.1, -0.05) is 0 Å². The van der Waals surface area contributed by atoms with Crippen LogP contribution in [0.2, 0.25) is 0 Å². The molecule has 3 rings (SSSR count). The van der Waals surface area contributed by atoms with E-state index in [9.17, 15) is 0 Å². The fourth-order valence-electron chi connectivity index (χ4n) is 2.06. The summed E-state index contributed by atoms with van der Waals surface area (Å²) >= 11 is 2.26. The first kappa shape index (κ1) is 10.2. The Hall–Kier alpha value is -0.920. The van der Waals surface area contributed by atoms with Gasteiger partial charge in [-0.05, 0) is 42.4 Å². The van der Waals surface area contributed by atoms with Crippen molar-refractivity contribution in [3.05, 3.63) is 15.6 Å². The second-order valence-corrected chi connectivity index (χ2v) is 5.16. The Balaban J connectivity index is 2.21. The van der Waals surface area contributed by atoms with Crippen LogP contribution in [-0.4, -0.2) is 32.7 Å². The lowest BCUT2D eigenvalue weighted by molar-refractivity contribution is 0.796. The largest absolute Gasteiger partial charge is 0.341 e. The van der Waals surface area contributed by atoms with E-state index in [1.807, 2.05) is 17.6 Å². The first-order chi connectivity index (χ1) is 7.75. The van der Waals surface area contributed by atoms with Gasteiger partial charge in [-0.15, -0.1) is 0 Å². The van der Waals surface area contributed by atoms with Crippen molar-refractivity contribution in [2.24, 2.45) is 0 Å². The standard InChI is InChI=1S/C10H12IN5/c1-7-13-9-8(11)6-12-16(9)10(14-7)15-4-2-3-5-15/h6H,2-5H2,1H3. The highest BCUT2D eigenvalue weighted by molar-refractivity contribution is 14.1. The number of aromatic nitrogens is 4. The van der Waals surface area contributed by atoms with Gasteiger partial charge in [-0.2, -0.15) is 14.6 Å². The van der Waals surface area contributed by atoms with Crippen LogP contribution in [0.5, 0.6) is 0 Å². The molecular formula is C10H12IN5. The van der Waals surface area contributed by atoms with E-state index in [1.165, 1.54) is 12.8 Å². The van der Waals surface area contributed by atoms with Gasteiger partial charge in [-0.3, -0.25) is 0 Å². The van der Waals surface area contributed by atoms with Crippen molar-refractivity contribution in [2.45, 2.75) is 19.8 Å². The molecule has 0 unspecified atom stereocenters. The van der Waals surface area contributed by atoms with Crippen molar-refractivity contribution in [2.75, 3.05) is 18.0 Å². The third kappa shape index (κ3) is 1.55. The summed E-state index contributed by atoms with van der Waals surface area (Å²) in [6.45, 7) is 4.08. The Labute approximate surface area is 107 Å². The maximum absolute atomic E-state index is 4.51. The smallest absolute Gasteiger partial charge is 0.230 e. The molecule has 16 heavy (non-hydrogen) atoms. The maximum Gasteiger partial charge on any atom is 0.230 e. The van der Waals surface area contributed by atoms with Crippen LogP contribution >= 0.6 is 22.6 Å². The van der Waals surface area contributed by atoms with Crippen LogP contribution in [0.25, 0.3) is 5.65 Å². The highest BCUT2D eigenvalue weighted by atomic mass is 127. The molecule has 6 heteroatoms.